The molecule has 0 saturated heterocycles. The number of halogens is 1. The van der Waals surface area contributed by atoms with Crippen molar-refractivity contribution in [1.82, 2.24) is 0 Å². The lowest BCUT2D eigenvalue weighted by molar-refractivity contribution is 0.118. The van der Waals surface area contributed by atoms with Crippen LogP contribution in [0.25, 0.3) is 0 Å². The van der Waals surface area contributed by atoms with E-state index < -0.39 is 7.82 Å². The molecule has 0 saturated carbocycles. The third-order valence-corrected chi connectivity index (χ3v) is 4.81. The van der Waals surface area contributed by atoms with Crippen molar-refractivity contribution < 1.29 is 18.1 Å². The summed E-state index contributed by atoms with van der Waals surface area (Å²) in [5, 5.41) is 0. The van der Waals surface area contributed by atoms with E-state index in [0.717, 1.165) is 11.1 Å². The average Bonchev–Trinajstić information content (AvgIpc) is 2.54. The second kappa shape index (κ2) is 8.66. The molecule has 0 heterocycles. The van der Waals surface area contributed by atoms with Gasteiger partial charge in [0, 0.05) is 0 Å². The third kappa shape index (κ3) is 5.88. The first-order valence-electron chi connectivity index (χ1n) is 6.39. The predicted molar refractivity (Wildman–Crippen MR) is 90.0 cm³/mol. The lowest BCUT2D eigenvalue weighted by Gasteiger charge is -2.17. The first kappa shape index (κ1) is 16.6. The van der Waals surface area contributed by atoms with Gasteiger partial charge in [0.2, 0.25) is 0 Å². The summed E-state index contributed by atoms with van der Waals surface area (Å²) in [6, 6.07) is 19.0. The minimum atomic E-state index is -3.56. The summed E-state index contributed by atoms with van der Waals surface area (Å²) < 4.78 is 28.7. The van der Waals surface area contributed by atoms with Crippen LogP contribution in [0.1, 0.15) is 11.1 Å². The highest BCUT2D eigenvalue weighted by atomic mass is 127. The number of benzene rings is 2. The Labute approximate surface area is 138 Å². The van der Waals surface area contributed by atoms with Gasteiger partial charge in [-0.2, -0.15) is 0 Å². The molecule has 2 aromatic rings. The molecule has 21 heavy (non-hydrogen) atoms. The average molecular weight is 418 g/mol. The van der Waals surface area contributed by atoms with E-state index in [-0.39, 0.29) is 17.8 Å². The van der Waals surface area contributed by atoms with Crippen molar-refractivity contribution in [3.05, 3.63) is 71.8 Å². The van der Waals surface area contributed by atoms with E-state index in [1.165, 1.54) is 0 Å². The number of alkyl halides is 1. The topological polar surface area (TPSA) is 44.8 Å². The first-order chi connectivity index (χ1) is 10.2. The van der Waals surface area contributed by atoms with Crippen LogP contribution in [0, 0.1) is 0 Å². The van der Waals surface area contributed by atoms with Crippen LogP contribution in [0.5, 0.6) is 0 Å². The molecular formula is C15H16IO4P. The first-order valence-corrected chi connectivity index (χ1v) is 9.38. The van der Waals surface area contributed by atoms with Crippen LogP contribution in [0.4, 0.5) is 0 Å². The fourth-order valence-electron chi connectivity index (χ4n) is 1.63. The molecule has 0 aromatic heterocycles. The van der Waals surface area contributed by atoms with Gasteiger partial charge in [0.25, 0.3) is 0 Å². The van der Waals surface area contributed by atoms with Crippen LogP contribution in [-0.4, -0.2) is 4.61 Å². The highest BCUT2D eigenvalue weighted by Gasteiger charge is 2.26. The number of phosphoric acid groups is 1. The van der Waals surface area contributed by atoms with Gasteiger partial charge in [-0.05, 0) is 11.1 Å². The molecule has 0 spiro atoms. The number of phosphoric ester groups is 1. The molecule has 0 fully saturated rings. The smallest absolute Gasteiger partial charge is 0.282 e. The monoisotopic (exact) mass is 418 g/mol. The van der Waals surface area contributed by atoms with Gasteiger partial charge in [0.1, 0.15) is 4.61 Å². The van der Waals surface area contributed by atoms with E-state index in [1.807, 2.05) is 83.3 Å². The Balaban J connectivity index is 1.94. The minimum absolute atomic E-state index is 0.184. The minimum Gasteiger partial charge on any atom is -0.282 e. The van der Waals surface area contributed by atoms with E-state index in [9.17, 15) is 4.57 Å². The van der Waals surface area contributed by atoms with E-state index in [4.69, 9.17) is 13.6 Å². The van der Waals surface area contributed by atoms with Crippen LogP contribution in [0.15, 0.2) is 60.7 Å². The van der Waals surface area contributed by atoms with Crippen LogP contribution in [-0.2, 0) is 31.4 Å². The van der Waals surface area contributed by atoms with Crippen LogP contribution in [0.3, 0.4) is 0 Å². The predicted octanol–water partition coefficient (Wildman–Crippen LogP) is 4.94. The Kier molecular flexibility index (Phi) is 6.86. The molecule has 0 unspecified atom stereocenters. The molecule has 0 amide bonds. The van der Waals surface area contributed by atoms with Crippen molar-refractivity contribution in [1.29, 1.82) is 0 Å². The lowest BCUT2D eigenvalue weighted by Crippen LogP contribution is -2.00. The molecular weight excluding hydrogens is 402 g/mol. The molecule has 0 aliphatic carbocycles. The van der Waals surface area contributed by atoms with Crippen LogP contribution >= 0.6 is 30.4 Å². The summed E-state index contributed by atoms with van der Waals surface area (Å²) >= 11 is 1.97. The molecule has 112 valence electrons. The Morgan fingerprint density at radius 1 is 0.762 bits per heavy atom. The summed E-state index contributed by atoms with van der Waals surface area (Å²) in [4.78, 5) is 0. The fourth-order valence-corrected chi connectivity index (χ4v) is 3.61. The summed E-state index contributed by atoms with van der Waals surface area (Å²) in [7, 11) is -3.56. The van der Waals surface area contributed by atoms with Crippen molar-refractivity contribution in [2.45, 2.75) is 13.2 Å². The molecule has 0 N–H and O–H groups in total. The van der Waals surface area contributed by atoms with Gasteiger partial charge in [-0.1, -0.05) is 83.3 Å². The maximum absolute atomic E-state index is 12.5. The molecule has 2 aromatic carbocycles. The number of hydrogen-bond acceptors (Lipinski definition) is 4. The van der Waals surface area contributed by atoms with Crippen LogP contribution in [0.2, 0.25) is 0 Å². The van der Waals surface area contributed by atoms with Gasteiger partial charge in [0.15, 0.2) is 0 Å². The summed E-state index contributed by atoms with van der Waals surface area (Å²) in [6.45, 7) is 0.368. The van der Waals surface area contributed by atoms with Gasteiger partial charge in [-0.3, -0.25) is 13.6 Å². The highest BCUT2D eigenvalue weighted by Crippen LogP contribution is 2.51. The Morgan fingerprint density at radius 3 is 1.57 bits per heavy atom. The third-order valence-electron chi connectivity index (χ3n) is 2.67. The zero-order valence-corrected chi connectivity index (χ0v) is 14.4. The van der Waals surface area contributed by atoms with E-state index >= 15 is 0 Å². The highest BCUT2D eigenvalue weighted by molar-refractivity contribution is 14.1. The number of hydrogen-bond donors (Lipinski definition) is 0. The van der Waals surface area contributed by atoms with Gasteiger partial charge < -0.3 is 0 Å². The Morgan fingerprint density at radius 2 is 1.19 bits per heavy atom. The standard InChI is InChI=1S/C15H16IO4P/c16-13-20-21(17,18-11-14-7-3-1-4-8-14)19-12-15-9-5-2-6-10-15/h1-10H,11-13H2. The molecule has 0 atom stereocenters. The van der Waals surface area contributed by atoms with Crippen molar-refractivity contribution in [2.75, 3.05) is 4.61 Å². The van der Waals surface area contributed by atoms with Crippen LogP contribution < -0.4 is 0 Å². The lowest BCUT2D eigenvalue weighted by atomic mass is 10.2. The van der Waals surface area contributed by atoms with E-state index in [2.05, 4.69) is 0 Å². The van der Waals surface area contributed by atoms with Crippen molar-refractivity contribution >= 4 is 30.4 Å². The zero-order chi connectivity index (χ0) is 15.0. The quantitative estimate of drug-likeness (QED) is 0.346. The molecule has 2 rings (SSSR count). The van der Waals surface area contributed by atoms with E-state index in [1.54, 1.807) is 0 Å². The molecule has 4 nitrogen and oxygen atoms in total. The zero-order valence-electron chi connectivity index (χ0n) is 11.4. The summed E-state index contributed by atoms with van der Waals surface area (Å²) in [5.74, 6) is 0. The molecule has 0 aliphatic rings. The maximum atomic E-state index is 12.5. The van der Waals surface area contributed by atoms with Crippen molar-refractivity contribution in [3.63, 3.8) is 0 Å². The second-order valence-corrected chi connectivity index (χ2v) is 6.50. The van der Waals surface area contributed by atoms with Crippen molar-refractivity contribution in [3.8, 4) is 0 Å². The molecule has 0 bridgehead atoms. The second-order valence-electron chi connectivity index (χ2n) is 4.20. The molecule has 6 heteroatoms. The van der Waals surface area contributed by atoms with Gasteiger partial charge >= 0.3 is 7.82 Å². The SMILES string of the molecule is O=P(OCI)(OCc1ccccc1)OCc1ccccc1. The van der Waals surface area contributed by atoms with Gasteiger partial charge in [0.05, 0.1) is 13.2 Å². The molecule has 0 radical (unpaired) electrons. The Bertz CT molecular complexity index is 529. The normalized spacial score (nSPS) is 11.5. The van der Waals surface area contributed by atoms with Gasteiger partial charge in [-0.15, -0.1) is 0 Å². The number of rotatable bonds is 8. The van der Waals surface area contributed by atoms with E-state index in [0.29, 0.717) is 0 Å². The summed E-state index contributed by atoms with van der Waals surface area (Å²) in [6.07, 6.45) is 0. The Hall–Kier alpha value is -0.720. The molecule has 0 aliphatic heterocycles. The van der Waals surface area contributed by atoms with Crippen molar-refractivity contribution in [2.24, 2.45) is 0 Å². The largest absolute Gasteiger partial charge is 0.476 e. The summed E-state index contributed by atoms with van der Waals surface area (Å²) in [5.41, 5.74) is 1.83. The fraction of sp³-hybridized carbons (Fsp3) is 0.200. The maximum Gasteiger partial charge on any atom is 0.476 e. The van der Waals surface area contributed by atoms with Gasteiger partial charge in [-0.25, -0.2) is 4.57 Å².